The lowest BCUT2D eigenvalue weighted by molar-refractivity contribution is -0.143. The fourth-order valence-electron chi connectivity index (χ4n) is 5.50. The third kappa shape index (κ3) is 6.84. The van der Waals surface area contributed by atoms with E-state index in [0.717, 1.165) is 22.2 Å². The number of anilines is 2. The Morgan fingerprint density at radius 2 is 1.76 bits per heavy atom. The van der Waals surface area contributed by atoms with Gasteiger partial charge in [-0.1, -0.05) is 18.2 Å². The van der Waals surface area contributed by atoms with E-state index >= 15 is 0 Å². The molecule has 2 aromatic heterocycles. The van der Waals surface area contributed by atoms with Gasteiger partial charge in [-0.3, -0.25) is 14.5 Å². The molecule has 8 nitrogen and oxygen atoms in total. The predicted molar refractivity (Wildman–Crippen MR) is 158 cm³/mol. The van der Waals surface area contributed by atoms with Crippen LogP contribution in [0.2, 0.25) is 0 Å². The number of rotatable bonds is 9. The van der Waals surface area contributed by atoms with Gasteiger partial charge in [-0.15, -0.1) is 11.3 Å². The van der Waals surface area contributed by atoms with Gasteiger partial charge >= 0.3 is 12.4 Å². The van der Waals surface area contributed by atoms with Crippen LogP contribution in [0.1, 0.15) is 33.5 Å². The van der Waals surface area contributed by atoms with Crippen LogP contribution in [0.25, 0.3) is 10.9 Å². The topological polar surface area (TPSA) is 90.6 Å². The molecule has 1 atom stereocenters. The Morgan fingerprint density at radius 1 is 1.07 bits per heavy atom. The molecule has 2 aromatic carbocycles. The number of benzene rings is 2. The molecule has 240 valence electrons. The number of nitrogens with zero attached hydrogens (tertiary/aromatic N) is 3. The fraction of sp³-hybridized carbons (Fsp3) is 0.367. The summed E-state index contributed by atoms with van der Waals surface area (Å²) in [5, 5.41) is 5.42. The zero-order valence-electron chi connectivity index (χ0n) is 24.2. The number of para-hydroxylation sites is 1. The van der Waals surface area contributed by atoms with Crippen LogP contribution >= 0.6 is 11.3 Å². The molecule has 15 heteroatoms. The lowest BCUT2D eigenvalue weighted by Crippen LogP contribution is -2.66. The highest BCUT2D eigenvalue weighted by atomic mass is 32.1. The largest absolute Gasteiger partial charge is 0.416 e. The molecule has 1 amide bonds. The Kier molecular flexibility index (Phi) is 8.97. The summed E-state index contributed by atoms with van der Waals surface area (Å²) in [7, 11) is 3.10. The number of halogens is 6. The molecule has 0 radical (unpaired) electrons. The highest BCUT2D eigenvalue weighted by molar-refractivity contribution is 7.14. The van der Waals surface area contributed by atoms with Crippen LogP contribution in [-0.2, 0) is 28.3 Å². The molecule has 1 saturated heterocycles. The highest BCUT2D eigenvalue weighted by Crippen LogP contribution is 2.39. The number of carbonyl (C=O) groups excluding carboxylic acids is 2. The van der Waals surface area contributed by atoms with Crippen LogP contribution in [0, 0.1) is 0 Å². The number of fused-ring (bicyclic) bond motifs is 1. The average Bonchev–Trinajstić information content (AvgIpc) is 3.63. The minimum absolute atomic E-state index is 0.0116. The molecule has 1 unspecified atom stereocenters. The van der Waals surface area contributed by atoms with Crippen molar-refractivity contribution in [3.63, 3.8) is 0 Å². The SMILES string of the molecule is COCCC(=O)Nc1nc(N2CCN(C)C(Cc3c[nH]c4ccccc34)(C(=O)c3cc(C(F)(F)F)cc(C(F)(F)F)c3)C2)cs1. The first-order valence-corrected chi connectivity index (χ1v) is 14.7. The molecule has 2 N–H and O–H groups in total. The number of Topliss-reactive ketones (excluding diaryl/α,β-unsaturated/α-hetero) is 1. The number of thiazole rings is 1. The monoisotopic (exact) mass is 653 g/mol. The lowest BCUT2D eigenvalue weighted by atomic mass is 9.79. The molecular formula is C30H29F6N5O3S. The predicted octanol–water partition coefficient (Wildman–Crippen LogP) is 6.25. The van der Waals surface area contributed by atoms with Gasteiger partial charge in [-0.2, -0.15) is 26.3 Å². The number of H-pyrrole nitrogens is 1. The fourth-order valence-corrected chi connectivity index (χ4v) is 6.24. The van der Waals surface area contributed by atoms with Crippen LogP contribution in [-0.4, -0.2) is 72.5 Å². The van der Waals surface area contributed by atoms with Gasteiger partial charge in [-0.25, -0.2) is 4.98 Å². The maximum Gasteiger partial charge on any atom is 0.416 e. The number of carbonyl (C=O) groups is 2. The first kappa shape index (κ1) is 32.4. The highest BCUT2D eigenvalue weighted by Gasteiger charge is 2.48. The number of ketones is 1. The molecule has 1 aliphatic rings. The molecule has 1 fully saturated rings. The summed E-state index contributed by atoms with van der Waals surface area (Å²) in [5.41, 5.74) is -3.99. The molecule has 0 aliphatic carbocycles. The van der Waals surface area contributed by atoms with Crippen LogP contribution in [0.15, 0.2) is 54.0 Å². The number of ether oxygens (including phenoxy) is 1. The number of hydrogen-bond donors (Lipinski definition) is 2. The van der Waals surface area contributed by atoms with Crippen LogP contribution in [0.5, 0.6) is 0 Å². The summed E-state index contributed by atoms with van der Waals surface area (Å²) in [6.07, 6.45) is -8.45. The van der Waals surface area contributed by atoms with E-state index < -0.39 is 40.4 Å². The van der Waals surface area contributed by atoms with Crippen molar-refractivity contribution in [1.29, 1.82) is 0 Å². The summed E-state index contributed by atoms with van der Waals surface area (Å²) in [5.74, 6) is -0.795. The number of likely N-dealkylation sites (N-methyl/N-ethyl adjacent to an activating group) is 1. The first-order valence-electron chi connectivity index (χ1n) is 13.8. The van der Waals surface area contributed by atoms with Crippen LogP contribution in [0.4, 0.5) is 37.3 Å². The Balaban J connectivity index is 1.58. The van der Waals surface area contributed by atoms with E-state index in [0.29, 0.717) is 35.2 Å². The van der Waals surface area contributed by atoms with Gasteiger partial charge in [-0.05, 0) is 36.9 Å². The van der Waals surface area contributed by atoms with Crippen molar-refractivity contribution in [3.8, 4) is 0 Å². The van der Waals surface area contributed by atoms with Gasteiger partial charge < -0.3 is 19.9 Å². The summed E-state index contributed by atoms with van der Waals surface area (Å²) < 4.78 is 87.7. The van der Waals surface area contributed by atoms with E-state index in [9.17, 15) is 35.9 Å². The Bertz CT molecular complexity index is 1670. The number of amides is 1. The van der Waals surface area contributed by atoms with Gasteiger partial charge in [0.05, 0.1) is 24.2 Å². The number of aromatic amines is 1. The summed E-state index contributed by atoms with van der Waals surface area (Å²) in [6, 6.07) is 8.24. The molecule has 0 spiro atoms. The van der Waals surface area contributed by atoms with E-state index in [1.165, 1.54) is 7.11 Å². The number of methoxy groups -OCH3 is 1. The summed E-state index contributed by atoms with van der Waals surface area (Å²) >= 11 is 1.15. The van der Waals surface area contributed by atoms with Crippen molar-refractivity contribution in [2.45, 2.75) is 30.7 Å². The second kappa shape index (κ2) is 12.4. The van der Waals surface area contributed by atoms with Gasteiger partial charge in [0.15, 0.2) is 10.9 Å². The van der Waals surface area contributed by atoms with E-state index in [4.69, 9.17) is 4.74 Å². The summed E-state index contributed by atoms with van der Waals surface area (Å²) in [6.45, 7) is 0.718. The van der Waals surface area contributed by atoms with Crippen molar-refractivity contribution in [2.24, 2.45) is 0 Å². The second-order valence-electron chi connectivity index (χ2n) is 10.8. The summed E-state index contributed by atoms with van der Waals surface area (Å²) in [4.78, 5) is 37.7. The van der Waals surface area contributed by atoms with E-state index in [2.05, 4.69) is 15.3 Å². The molecule has 45 heavy (non-hydrogen) atoms. The number of alkyl halides is 6. The molecule has 4 aromatic rings. The minimum atomic E-state index is -5.12. The molecular weight excluding hydrogens is 624 g/mol. The van der Waals surface area contributed by atoms with Gasteiger partial charge in [0, 0.05) is 61.2 Å². The minimum Gasteiger partial charge on any atom is -0.384 e. The smallest absolute Gasteiger partial charge is 0.384 e. The third-order valence-corrected chi connectivity index (χ3v) is 8.66. The normalized spacial score (nSPS) is 18.0. The van der Waals surface area contributed by atoms with Gasteiger partial charge in [0.1, 0.15) is 11.4 Å². The van der Waals surface area contributed by atoms with Gasteiger partial charge in [0.2, 0.25) is 5.91 Å². The maximum absolute atomic E-state index is 14.5. The van der Waals surface area contributed by atoms with Crippen LogP contribution in [0.3, 0.4) is 0 Å². The zero-order chi connectivity index (χ0) is 32.6. The van der Waals surface area contributed by atoms with Crippen LogP contribution < -0.4 is 10.2 Å². The molecule has 5 rings (SSSR count). The molecule has 3 heterocycles. The van der Waals surface area contributed by atoms with E-state index in [1.54, 1.807) is 34.5 Å². The van der Waals surface area contributed by atoms with Gasteiger partial charge in [0.25, 0.3) is 0 Å². The molecule has 0 saturated carbocycles. The Morgan fingerprint density at radius 3 is 2.42 bits per heavy atom. The third-order valence-electron chi connectivity index (χ3n) is 7.91. The number of nitrogens with one attached hydrogen (secondary N) is 2. The van der Waals surface area contributed by atoms with Crippen molar-refractivity contribution in [1.82, 2.24) is 14.9 Å². The van der Waals surface area contributed by atoms with E-state index in [-0.39, 0.29) is 44.5 Å². The number of aromatic nitrogens is 2. The lowest BCUT2D eigenvalue weighted by Gasteiger charge is -2.48. The molecule has 1 aliphatic heterocycles. The molecule has 0 bridgehead atoms. The first-order chi connectivity index (χ1) is 21.2. The van der Waals surface area contributed by atoms with Crippen molar-refractivity contribution in [3.05, 3.63) is 76.3 Å². The average molecular weight is 654 g/mol. The quantitative estimate of drug-likeness (QED) is 0.164. The second-order valence-corrected chi connectivity index (χ2v) is 11.7. The standard InChI is InChI=1S/C30H29F6N5O3S/c1-40-8-9-41(24-16-45-27(38-24)39-25(42)7-10-44-2)17-28(40,14-19-15-37-23-6-4-3-5-22(19)23)26(43)18-11-20(29(31,32)33)13-21(12-18)30(34,35)36/h3-6,11-13,15-16,37H,7-10,14,17H2,1-2H3,(H,38,39,42). The maximum atomic E-state index is 14.5. The van der Waals surface area contributed by atoms with E-state index in [1.807, 2.05) is 18.2 Å². The Hall–Kier alpha value is -3.95. The Labute approximate surface area is 258 Å². The number of hydrogen-bond acceptors (Lipinski definition) is 7. The van der Waals surface area contributed by atoms with Crippen molar-refractivity contribution >= 4 is 44.9 Å². The zero-order valence-corrected chi connectivity index (χ0v) is 25.0. The van der Waals surface area contributed by atoms with Crippen molar-refractivity contribution in [2.75, 3.05) is 50.6 Å². The van der Waals surface area contributed by atoms with Crippen molar-refractivity contribution < 1.29 is 40.7 Å². The number of piperazine rings is 1.